The van der Waals surface area contributed by atoms with Crippen LogP contribution in [0.15, 0.2) is 24.5 Å². The van der Waals surface area contributed by atoms with E-state index in [1.54, 1.807) is 24.5 Å². The molecular weight excluding hydrogens is 200 g/mol. The Kier molecular flexibility index (Phi) is 3.63. The summed E-state index contributed by atoms with van der Waals surface area (Å²) in [6, 6.07) is 3.57. The van der Waals surface area contributed by atoms with Crippen molar-refractivity contribution in [1.29, 1.82) is 0 Å². The smallest absolute Gasteiger partial charge is 0.210 e. The van der Waals surface area contributed by atoms with E-state index in [0.29, 0.717) is 0 Å². The van der Waals surface area contributed by atoms with Gasteiger partial charge < -0.3 is 0 Å². The van der Waals surface area contributed by atoms with Crippen molar-refractivity contribution in [2.75, 3.05) is 5.75 Å². The van der Waals surface area contributed by atoms with E-state index in [-0.39, 0.29) is 12.2 Å². The Bertz CT molecular complexity index is 443. The highest BCUT2D eigenvalue weighted by molar-refractivity contribution is 7.89. The molecule has 0 bridgehead atoms. The predicted octanol–water partition coefficient (Wildman–Crippen LogP) is 0.112. The number of pyridine rings is 1. The summed E-state index contributed by atoms with van der Waals surface area (Å²) in [4.78, 5) is 3.87. The monoisotopic (exact) mass is 210 g/mol. The summed E-state index contributed by atoms with van der Waals surface area (Å²) >= 11 is 0. The Labute approximate surface area is 83.2 Å². The molecule has 0 amide bonds. The first-order chi connectivity index (χ1) is 6.58. The minimum absolute atomic E-state index is 0.111. The molecule has 14 heavy (non-hydrogen) atoms. The van der Waals surface area contributed by atoms with Crippen LogP contribution in [0.3, 0.4) is 0 Å². The van der Waals surface area contributed by atoms with E-state index in [0.717, 1.165) is 5.56 Å². The second kappa shape index (κ2) is 4.74. The fourth-order valence-corrected chi connectivity index (χ4v) is 1.18. The number of rotatable bonds is 2. The zero-order valence-electron chi connectivity index (χ0n) is 7.47. The third-order valence-electron chi connectivity index (χ3n) is 1.41. The minimum atomic E-state index is -3.40. The Morgan fingerprint density at radius 3 is 2.86 bits per heavy atom. The van der Waals surface area contributed by atoms with Crippen LogP contribution in [0.25, 0.3) is 0 Å². The maximum Gasteiger partial charge on any atom is 0.210 e. The summed E-state index contributed by atoms with van der Waals surface area (Å²) in [6.07, 6.45) is 3.51. The van der Waals surface area contributed by atoms with Crippen LogP contribution in [0.5, 0.6) is 0 Å². The van der Waals surface area contributed by atoms with Crippen molar-refractivity contribution in [1.82, 2.24) is 4.98 Å². The summed E-state index contributed by atoms with van der Waals surface area (Å²) in [6.45, 7) is 0. The number of hydrogen-bond acceptors (Lipinski definition) is 3. The second-order valence-electron chi connectivity index (χ2n) is 2.66. The number of primary sulfonamides is 1. The van der Waals surface area contributed by atoms with Gasteiger partial charge in [-0.1, -0.05) is 11.8 Å². The topological polar surface area (TPSA) is 73.1 Å². The first-order valence-electron chi connectivity index (χ1n) is 3.97. The van der Waals surface area contributed by atoms with Crippen LogP contribution in [0.1, 0.15) is 12.0 Å². The van der Waals surface area contributed by atoms with Crippen molar-refractivity contribution in [3.8, 4) is 11.8 Å². The molecule has 0 unspecified atom stereocenters. The lowest BCUT2D eigenvalue weighted by Crippen LogP contribution is -2.15. The highest BCUT2D eigenvalue weighted by Gasteiger charge is 1.98. The summed E-state index contributed by atoms with van der Waals surface area (Å²) in [5.74, 6) is 5.38. The summed E-state index contributed by atoms with van der Waals surface area (Å²) in [5.41, 5.74) is 0.766. The average molecular weight is 210 g/mol. The lowest BCUT2D eigenvalue weighted by molar-refractivity contribution is 0.597. The third kappa shape index (κ3) is 4.60. The molecule has 4 nitrogen and oxygen atoms in total. The molecule has 0 fully saturated rings. The number of nitrogens with two attached hydrogens (primary N) is 1. The largest absolute Gasteiger partial charge is 0.263 e. The molecular formula is C9H10N2O2S. The quantitative estimate of drug-likeness (QED) is 0.704. The average Bonchev–Trinajstić information content (AvgIpc) is 2.13. The predicted molar refractivity (Wildman–Crippen MR) is 53.7 cm³/mol. The van der Waals surface area contributed by atoms with Gasteiger partial charge in [0.05, 0.1) is 5.75 Å². The molecule has 0 aliphatic carbocycles. The molecule has 0 saturated carbocycles. The fourth-order valence-electron chi connectivity index (χ4n) is 0.795. The molecule has 74 valence electrons. The van der Waals surface area contributed by atoms with Crippen molar-refractivity contribution in [3.63, 3.8) is 0 Å². The molecule has 0 aromatic carbocycles. The summed E-state index contributed by atoms with van der Waals surface area (Å²) < 4.78 is 21.1. The second-order valence-corrected chi connectivity index (χ2v) is 4.39. The lowest BCUT2D eigenvalue weighted by atomic mass is 10.3. The molecule has 2 N–H and O–H groups in total. The summed E-state index contributed by atoms with van der Waals surface area (Å²) in [7, 11) is -3.40. The van der Waals surface area contributed by atoms with Crippen molar-refractivity contribution in [3.05, 3.63) is 30.1 Å². The van der Waals surface area contributed by atoms with E-state index in [9.17, 15) is 8.42 Å². The fraction of sp³-hybridized carbons (Fsp3) is 0.222. The van der Waals surface area contributed by atoms with Gasteiger partial charge in [0.2, 0.25) is 10.0 Å². The van der Waals surface area contributed by atoms with E-state index in [1.807, 2.05) is 0 Å². The van der Waals surface area contributed by atoms with Gasteiger partial charge in [0.1, 0.15) is 0 Å². The number of nitrogens with zero attached hydrogens (tertiary/aromatic N) is 1. The van der Waals surface area contributed by atoms with Gasteiger partial charge in [-0.15, -0.1) is 0 Å². The first kappa shape index (κ1) is 10.7. The Balaban J connectivity index is 2.50. The zero-order valence-corrected chi connectivity index (χ0v) is 8.29. The van der Waals surface area contributed by atoms with Gasteiger partial charge in [-0.2, -0.15) is 0 Å². The van der Waals surface area contributed by atoms with Crippen molar-refractivity contribution in [2.45, 2.75) is 6.42 Å². The number of aromatic nitrogens is 1. The van der Waals surface area contributed by atoms with Crippen LogP contribution in [-0.4, -0.2) is 19.2 Å². The van der Waals surface area contributed by atoms with Gasteiger partial charge in [-0.25, -0.2) is 13.6 Å². The molecule has 1 heterocycles. The molecule has 5 heteroatoms. The van der Waals surface area contributed by atoms with Crippen molar-refractivity contribution in [2.24, 2.45) is 5.14 Å². The van der Waals surface area contributed by atoms with Crippen LogP contribution in [-0.2, 0) is 10.0 Å². The standard InChI is InChI=1S/C9H10N2O2S/c10-14(12,13)7-2-1-4-9-5-3-6-11-8-9/h3,5-6,8H,2,7H2,(H2,10,12,13). The van der Waals surface area contributed by atoms with E-state index in [1.165, 1.54) is 0 Å². The Morgan fingerprint density at radius 2 is 2.29 bits per heavy atom. The molecule has 0 aliphatic rings. The maximum absolute atomic E-state index is 10.5. The molecule has 0 aliphatic heterocycles. The molecule has 0 spiro atoms. The van der Waals surface area contributed by atoms with E-state index < -0.39 is 10.0 Å². The Morgan fingerprint density at radius 1 is 1.50 bits per heavy atom. The van der Waals surface area contributed by atoms with Crippen molar-refractivity contribution >= 4 is 10.0 Å². The molecule has 0 atom stereocenters. The third-order valence-corrected chi connectivity index (χ3v) is 2.18. The van der Waals surface area contributed by atoms with E-state index >= 15 is 0 Å². The summed E-state index contributed by atoms with van der Waals surface area (Å²) in [5, 5.41) is 4.81. The van der Waals surface area contributed by atoms with E-state index in [4.69, 9.17) is 5.14 Å². The van der Waals surface area contributed by atoms with Gasteiger partial charge in [0.15, 0.2) is 0 Å². The van der Waals surface area contributed by atoms with Gasteiger partial charge in [-0.05, 0) is 12.1 Å². The van der Waals surface area contributed by atoms with E-state index in [2.05, 4.69) is 16.8 Å². The lowest BCUT2D eigenvalue weighted by Gasteiger charge is -1.89. The minimum Gasteiger partial charge on any atom is -0.263 e. The van der Waals surface area contributed by atoms with Gasteiger partial charge in [0.25, 0.3) is 0 Å². The molecule has 0 radical (unpaired) electrons. The molecule has 0 saturated heterocycles. The van der Waals surface area contributed by atoms with Gasteiger partial charge in [0, 0.05) is 24.4 Å². The van der Waals surface area contributed by atoms with Crippen LogP contribution in [0.2, 0.25) is 0 Å². The van der Waals surface area contributed by atoms with Gasteiger partial charge in [-0.3, -0.25) is 4.98 Å². The molecule has 1 rings (SSSR count). The van der Waals surface area contributed by atoms with Crippen LogP contribution in [0.4, 0.5) is 0 Å². The van der Waals surface area contributed by atoms with Crippen molar-refractivity contribution < 1.29 is 8.42 Å². The maximum atomic E-state index is 10.5. The van der Waals surface area contributed by atoms with Crippen LogP contribution >= 0.6 is 0 Å². The molecule has 1 aromatic rings. The highest BCUT2D eigenvalue weighted by Crippen LogP contribution is 1.92. The number of sulfonamides is 1. The zero-order chi connectivity index (χ0) is 10.4. The SMILES string of the molecule is NS(=O)(=O)CCC#Cc1cccnc1. The van der Waals surface area contributed by atoms with Gasteiger partial charge >= 0.3 is 0 Å². The van der Waals surface area contributed by atoms with Crippen LogP contribution in [0, 0.1) is 11.8 Å². The normalized spacial score (nSPS) is 10.4. The van der Waals surface area contributed by atoms with Crippen LogP contribution < -0.4 is 5.14 Å². The molecule has 1 aromatic heterocycles. The highest BCUT2D eigenvalue weighted by atomic mass is 32.2. The first-order valence-corrected chi connectivity index (χ1v) is 5.69. The Hall–Kier alpha value is -1.38. The number of hydrogen-bond donors (Lipinski definition) is 1.